The van der Waals surface area contributed by atoms with Crippen molar-refractivity contribution < 1.29 is 9.31 Å². The third kappa shape index (κ3) is 3.66. The van der Waals surface area contributed by atoms with E-state index in [4.69, 9.17) is 14.3 Å². The van der Waals surface area contributed by atoms with Gasteiger partial charge >= 0.3 is 7.12 Å². The number of pyridine rings is 1. The number of rotatable bonds is 4. The number of benzene rings is 2. The zero-order valence-electron chi connectivity index (χ0n) is 18.8. The Hall–Kier alpha value is -2.21. The summed E-state index contributed by atoms with van der Waals surface area (Å²) >= 11 is 0. The molecule has 5 heteroatoms. The smallest absolute Gasteiger partial charge is 0.400 e. The molecule has 0 bridgehead atoms. The average Bonchev–Trinajstić information content (AvgIpc) is 2.92. The molecule has 3 aromatic rings. The average molecular weight is 415 g/mol. The maximum Gasteiger partial charge on any atom is 0.487 e. The highest BCUT2D eigenvalue weighted by Gasteiger charge is 2.50. The summed E-state index contributed by atoms with van der Waals surface area (Å²) in [6.07, 6.45) is 1.89. The van der Waals surface area contributed by atoms with Crippen LogP contribution in [0.3, 0.4) is 0 Å². The third-order valence-corrected chi connectivity index (χ3v) is 10.2. The van der Waals surface area contributed by atoms with Crippen LogP contribution >= 0.6 is 0 Å². The van der Waals surface area contributed by atoms with Crippen LogP contribution in [0.1, 0.15) is 33.3 Å². The molecule has 1 saturated heterocycles. The van der Waals surface area contributed by atoms with E-state index in [1.165, 1.54) is 21.3 Å². The minimum atomic E-state index is -2.14. The predicted octanol–water partition coefficient (Wildman–Crippen LogP) is 5.40. The van der Waals surface area contributed by atoms with Crippen molar-refractivity contribution in [2.75, 3.05) is 0 Å². The van der Waals surface area contributed by atoms with Crippen LogP contribution in [-0.4, -0.2) is 31.4 Å². The minimum Gasteiger partial charge on any atom is -0.400 e. The second-order valence-corrected chi connectivity index (χ2v) is 13.9. The first-order chi connectivity index (χ1) is 14.1. The number of hydrogen-bond acceptors (Lipinski definition) is 3. The van der Waals surface area contributed by atoms with Gasteiger partial charge in [0.15, 0.2) is 0 Å². The van der Waals surface area contributed by atoms with Crippen molar-refractivity contribution in [3.63, 3.8) is 0 Å². The predicted molar refractivity (Wildman–Crippen MR) is 129 cm³/mol. The van der Waals surface area contributed by atoms with Crippen LogP contribution in [0.25, 0.3) is 16.1 Å². The van der Waals surface area contributed by atoms with Crippen molar-refractivity contribution in [1.82, 2.24) is 4.98 Å². The summed E-state index contributed by atoms with van der Waals surface area (Å²) in [6, 6.07) is 21.3. The summed E-state index contributed by atoms with van der Waals surface area (Å²) in [5, 5.41) is 3.81. The molecule has 1 aromatic heterocycles. The molecule has 1 aliphatic rings. The molecule has 0 unspecified atom stereocenters. The molecule has 1 fully saturated rings. The van der Waals surface area contributed by atoms with Gasteiger partial charge in [-0.05, 0) is 44.5 Å². The van der Waals surface area contributed by atoms with Crippen molar-refractivity contribution >= 4 is 36.5 Å². The quantitative estimate of drug-likeness (QED) is 0.535. The van der Waals surface area contributed by atoms with Gasteiger partial charge in [-0.15, -0.1) is 0 Å². The molecule has 0 saturated carbocycles. The fourth-order valence-electron chi connectivity index (χ4n) is 4.13. The van der Waals surface area contributed by atoms with Gasteiger partial charge < -0.3 is 9.31 Å². The molecule has 4 rings (SSSR count). The Labute approximate surface area is 181 Å². The fourth-order valence-corrected chi connectivity index (χ4v) is 7.17. The van der Waals surface area contributed by atoms with Gasteiger partial charge in [0, 0.05) is 11.6 Å². The Morgan fingerprint density at radius 1 is 0.867 bits per heavy atom. The number of nitrogens with zero attached hydrogens (tertiary/aromatic N) is 1. The molecule has 0 amide bonds. The summed E-state index contributed by atoms with van der Waals surface area (Å²) in [6.45, 7) is 13.2. The Morgan fingerprint density at radius 3 is 2.17 bits per heavy atom. The number of aromatic nitrogens is 1. The lowest BCUT2D eigenvalue weighted by Crippen LogP contribution is -2.44. The number of hydrogen-bond donors (Lipinski definition) is 0. The third-order valence-electron chi connectivity index (χ3n) is 6.64. The van der Waals surface area contributed by atoms with Gasteiger partial charge in [-0.1, -0.05) is 78.9 Å². The molecule has 1 aliphatic heterocycles. The van der Waals surface area contributed by atoms with Gasteiger partial charge in [0.1, 0.15) is 8.07 Å². The van der Waals surface area contributed by atoms with Crippen LogP contribution in [-0.2, 0) is 9.31 Å². The highest BCUT2D eigenvalue weighted by atomic mass is 28.3. The molecule has 2 heterocycles. The lowest BCUT2D eigenvalue weighted by Gasteiger charge is -2.32. The molecule has 0 radical (unpaired) electrons. The second kappa shape index (κ2) is 7.49. The van der Waals surface area contributed by atoms with E-state index in [0.29, 0.717) is 0 Å². The maximum absolute atomic E-state index is 6.34. The van der Waals surface area contributed by atoms with Gasteiger partial charge in [-0.3, -0.25) is 4.98 Å². The van der Waals surface area contributed by atoms with Crippen LogP contribution in [0.2, 0.25) is 13.1 Å². The number of para-hydroxylation sites is 1. The molecule has 0 N–H and O–H groups in total. The van der Waals surface area contributed by atoms with Crippen molar-refractivity contribution in [1.29, 1.82) is 0 Å². The van der Waals surface area contributed by atoms with Gasteiger partial charge in [0.25, 0.3) is 0 Å². The Balaban J connectivity index is 1.86. The molecule has 2 aromatic carbocycles. The van der Waals surface area contributed by atoms with E-state index in [-0.39, 0.29) is 18.3 Å². The summed E-state index contributed by atoms with van der Waals surface area (Å²) in [7, 11) is -2.51. The SMILES string of the molecule is CC1(C)OB(/C=C(\c2ccccc2)[Si](C)(C)c2cccc3cccnc23)OC1(C)C. The van der Waals surface area contributed by atoms with Crippen LogP contribution in [0, 0.1) is 0 Å². The van der Waals surface area contributed by atoms with Crippen LogP contribution in [0.15, 0.2) is 72.8 Å². The molecular formula is C25H30BNO2Si. The van der Waals surface area contributed by atoms with E-state index < -0.39 is 8.07 Å². The lowest BCUT2D eigenvalue weighted by molar-refractivity contribution is 0.00578. The van der Waals surface area contributed by atoms with Gasteiger partial charge in [-0.25, -0.2) is 0 Å². The van der Waals surface area contributed by atoms with Crippen molar-refractivity contribution in [3.05, 3.63) is 78.4 Å². The summed E-state index contributed by atoms with van der Waals surface area (Å²) < 4.78 is 12.7. The van der Waals surface area contributed by atoms with E-state index in [9.17, 15) is 0 Å². The lowest BCUT2D eigenvalue weighted by atomic mass is 9.89. The summed E-state index contributed by atoms with van der Waals surface area (Å²) in [5.74, 6) is 2.21. The standard InChI is InChI=1S/C25H30BNO2Si/c1-24(2)25(3,4)29-26(28-24)18-22(19-12-8-7-9-13-19)30(5,6)21-16-10-14-20-15-11-17-27-23(20)21/h7-18H,1-6H3/b22-18+. The van der Waals surface area contributed by atoms with E-state index in [0.717, 1.165) is 5.52 Å². The largest absolute Gasteiger partial charge is 0.487 e. The van der Waals surface area contributed by atoms with E-state index in [1.54, 1.807) is 0 Å². The maximum atomic E-state index is 6.34. The summed E-state index contributed by atoms with van der Waals surface area (Å²) in [5.41, 5.74) is 1.59. The first kappa shape index (κ1) is 21.0. The molecule has 3 nitrogen and oxygen atoms in total. The number of fused-ring (bicyclic) bond motifs is 1. The van der Waals surface area contributed by atoms with E-state index in [1.807, 2.05) is 12.3 Å². The highest BCUT2D eigenvalue weighted by molar-refractivity contribution is 7.06. The topological polar surface area (TPSA) is 31.4 Å². The van der Waals surface area contributed by atoms with Gasteiger partial charge in [-0.2, -0.15) is 0 Å². The molecule has 30 heavy (non-hydrogen) atoms. The molecule has 0 spiro atoms. The zero-order valence-corrected chi connectivity index (χ0v) is 19.8. The highest BCUT2D eigenvalue weighted by Crippen LogP contribution is 2.38. The normalized spacial score (nSPS) is 18.7. The first-order valence-corrected chi connectivity index (χ1v) is 13.6. The Morgan fingerprint density at radius 2 is 1.50 bits per heavy atom. The molecule has 154 valence electrons. The van der Waals surface area contributed by atoms with E-state index in [2.05, 4.69) is 101 Å². The van der Waals surface area contributed by atoms with Gasteiger partial charge in [0.2, 0.25) is 0 Å². The van der Waals surface area contributed by atoms with Gasteiger partial charge in [0.05, 0.1) is 16.7 Å². The minimum absolute atomic E-state index is 0.358. The van der Waals surface area contributed by atoms with Crippen molar-refractivity contribution in [3.8, 4) is 0 Å². The Bertz CT molecular complexity index is 1070. The molecule has 0 atom stereocenters. The monoisotopic (exact) mass is 415 g/mol. The first-order valence-electron chi connectivity index (χ1n) is 10.6. The fraction of sp³-hybridized carbons (Fsp3) is 0.320. The summed E-state index contributed by atoms with van der Waals surface area (Å²) in [4.78, 5) is 4.75. The van der Waals surface area contributed by atoms with Crippen molar-refractivity contribution in [2.45, 2.75) is 52.0 Å². The second-order valence-electron chi connectivity index (χ2n) is 9.58. The van der Waals surface area contributed by atoms with Crippen LogP contribution < -0.4 is 5.19 Å². The van der Waals surface area contributed by atoms with Crippen LogP contribution in [0.5, 0.6) is 0 Å². The van der Waals surface area contributed by atoms with E-state index >= 15 is 0 Å². The zero-order chi connectivity index (χ0) is 21.6. The van der Waals surface area contributed by atoms with Crippen molar-refractivity contribution in [2.24, 2.45) is 0 Å². The molecule has 0 aliphatic carbocycles. The Kier molecular flexibility index (Phi) is 5.25. The molecular weight excluding hydrogens is 385 g/mol. The van der Waals surface area contributed by atoms with Crippen LogP contribution in [0.4, 0.5) is 0 Å².